The number of nitrogens with one attached hydrogen (secondary N) is 1. The lowest BCUT2D eigenvalue weighted by Crippen LogP contribution is -2.45. The SMILES string of the molecule is CCOc1cc(/C=C/C(=O)OCCCCCC[Si](OCC)(OCC)OCC)ccc1NC(C)=O. The summed E-state index contributed by atoms with van der Waals surface area (Å²) in [4.78, 5) is 23.4. The number of rotatable bonds is 18. The highest BCUT2D eigenvalue weighted by atomic mass is 28.4. The molecule has 0 unspecified atom stereocenters. The summed E-state index contributed by atoms with van der Waals surface area (Å²) in [7, 11) is -2.57. The largest absolute Gasteiger partial charge is 0.500 e. The van der Waals surface area contributed by atoms with Crippen LogP contribution in [-0.4, -0.2) is 53.7 Å². The molecule has 192 valence electrons. The van der Waals surface area contributed by atoms with Crippen LogP contribution >= 0.6 is 0 Å². The molecule has 8 nitrogen and oxygen atoms in total. The Morgan fingerprint density at radius 2 is 1.56 bits per heavy atom. The van der Waals surface area contributed by atoms with Gasteiger partial charge in [0, 0.05) is 38.9 Å². The van der Waals surface area contributed by atoms with Crippen molar-refractivity contribution in [3.8, 4) is 5.75 Å². The third-order valence-electron chi connectivity index (χ3n) is 4.74. The van der Waals surface area contributed by atoms with Crippen LogP contribution in [0, 0.1) is 0 Å². The minimum atomic E-state index is -2.57. The second-order valence-electron chi connectivity index (χ2n) is 7.52. The number of anilines is 1. The van der Waals surface area contributed by atoms with Gasteiger partial charge in [-0.25, -0.2) is 4.79 Å². The molecule has 0 radical (unpaired) electrons. The Labute approximate surface area is 205 Å². The van der Waals surface area contributed by atoms with E-state index in [1.807, 2.05) is 27.7 Å². The van der Waals surface area contributed by atoms with Crippen molar-refractivity contribution in [2.75, 3.05) is 38.4 Å². The molecule has 0 aliphatic heterocycles. The Morgan fingerprint density at radius 1 is 0.912 bits per heavy atom. The van der Waals surface area contributed by atoms with Crippen LogP contribution in [0.2, 0.25) is 6.04 Å². The molecular formula is C25H41NO7Si. The van der Waals surface area contributed by atoms with Gasteiger partial charge in [0.25, 0.3) is 0 Å². The summed E-state index contributed by atoms with van der Waals surface area (Å²) in [5, 5.41) is 2.73. The van der Waals surface area contributed by atoms with E-state index in [2.05, 4.69) is 5.32 Å². The molecule has 0 bridgehead atoms. The van der Waals surface area contributed by atoms with Crippen molar-refractivity contribution < 1.29 is 32.3 Å². The molecular weight excluding hydrogens is 454 g/mol. The maximum Gasteiger partial charge on any atom is 0.500 e. The van der Waals surface area contributed by atoms with Crippen molar-refractivity contribution in [3.05, 3.63) is 29.8 Å². The van der Waals surface area contributed by atoms with Crippen LogP contribution in [0.1, 0.15) is 65.9 Å². The quantitative estimate of drug-likeness (QED) is 0.129. The lowest BCUT2D eigenvalue weighted by molar-refractivity contribution is -0.137. The van der Waals surface area contributed by atoms with Gasteiger partial charge in [0.15, 0.2) is 0 Å². The Balaban J connectivity index is 2.39. The Hall–Kier alpha value is -2.20. The van der Waals surface area contributed by atoms with Gasteiger partial charge in [-0.2, -0.15) is 0 Å². The Kier molecular flexibility index (Phi) is 15.1. The zero-order valence-electron chi connectivity index (χ0n) is 21.3. The number of hydrogen-bond donors (Lipinski definition) is 1. The summed E-state index contributed by atoms with van der Waals surface area (Å²) in [6, 6.07) is 6.12. The number of esters is 1. The van der Waals surface area contributed by atoms with Gasteiger partial charge in [0.1, 0.15) is 5.75 Å². The highest BCUT2D eigenvalue weighted by molar-refractivity contribution is 6.60. The smallest absolute Gasteiger partial charge is 0.492 e. The van der Waals surface area contributed by atoms with E-state index < -0.39 is 8.80 Å². The van der Waals surface area contributed by atoms with Gasteiger partial charge < -0.3 is 28.1 Å². The van der Waals surface area contributed by atoms with Gasteiger partial charge in [-0.15, -0.1) is 0 Å². The monoisotopic (exact) mass is 495 g/mol. The number of unbranched alkanes of at least 4 members (excludes halogenated alkanes) is 3. The van der Waals surface area contributed by atoms with E-state index in [-0.39, 0.29) is 11.9 Å². The van der Waals surface area contributed by atoms with Crippen molar-refractivity contribution in [1.82, 2.24) is 0 Å². The van der Waals surface area contributed by atoms with Gasteiger partial charge in [-0.1, -0.05) is 18.9 Å². The first-order chi connectivity index (χ1) is 16.4. The standard InChI is InChI=1S/C25H41NO7Si/c1-6-29-24-20-22(14-16-23(24)26-21(5)27)15-17-25(28)30-18-12-10-11-13-19-34(31-7-2,32-8-3)33-9-4/h14-17,20H,6-13,18-19H2,1-5H3,(H,26,27)/b17-15+. The van der Waals surface area contributed by atoms with Crippen molar-refractivity contribution in [2.24, 2.45) is 0 Å². The first-order valence-electron chi connectivity index (χ1n) is 12.2. The lowest BCUT2D eigenvalue weighted by atomic mass is 10.1. The molecule has 1 rings (SSSR count). The van der Waals surface area contributed by atoms with E-state index in [1.165, 1.54) is 13.0 Å². The molecule has 0 aromatic heterocycles. The summed E-state index contributed by atoms with van der Waals surface area (Å²) < 4.78 is 28.5. The van der Waals surface area contributed by atoms with Gasteiger partial charge in [0.2, 0.25) is 5.91 Å². The number of carbonyl (C=O) groups excluding carboxylic acids is 2. The summed E-state index contributed by atoms with van der Waals surface area (Å²) in [5.74, 6) is -0.00947. The molecule has 0 spiro atoms. The summed E-state index contributed by atoms with van der Waals surface area (Å²) >= 11 is 0. The molecule has 0 heterocycles. The number of ether oxygens (including phenoxy) is 2. The van der Waals surface area contributed by atoms with E-state index in [9.17, 15) is 9.59 Å². The second kappa shape index (κ2) is 17.3. The van der Waals surface area contributed by atoms with Crippen LogP contribution in [0.5, 0.6) is 5.75 Å². The summed E-state index contributed by atoms with van der Waals surface area (Å²) in [5.41, 5.74) is 1.37. The highest BCUT2D eigenvalue weighted by Gasteiger charge is 2.39. The minimum Gasteiger partial charge on any atom is -0.492 e. The molecule has 0 atom stereocenters. The third-order valence-corrected chi connectivity index (χ3v) is 7.89. The van der Waals surface area contributed by atoms with Gasteiger partial charge >= 0.3 is 14.8 Å². The van der Waals surface area contributed by atoms with E-state index in [0.29, 0.717) is 44.5 Å². The van der Waals surface area contributed by atoms with E-state index in [0.717, 1.165) is 37.3 Å². The average molecular weight is 496 g/mol. The molecule has 1 amide bonds. The molecule has 0 aliphatic rings. The van der Waals surface area contributed by atoms with Crippen LogP contribution in [-0.2, 0) is 27.6 Å². The predicted octanol–water partition coefficient (Wildman–Crippen LogP) is 5.21. The molecule has 9 heteroatoms. The predicted molar refractivity (Wildman–Crippen MR) is 136 cm³/mol. The van der Waals surface area contributed by atoms with Gasteiger partial charge in [-0.05, 0) is 64.3 Å². The maximum absolute atomic E-state index is 12.0. The fraction of sp³-hybridized carbons (Fsp3) is 0.600. The third kappa shape index (κ3) is 11.8. The Bertz CT molecular complexity index is 753. The zero-order chi connectivity index (χ0) is 25.2. The molecule has 0 aliphatic carbocycles. The molecule has 0 fully saturated rings. The van der Waals surface area contributed by atoms with E-state index in [1.54, 1.807) is 24.3 Å². The topological polar surface area (TPSA) is 92.3 Å². The number of amides is 1. The van der Waals surface area contributed by atoms with Gasteiger partial charge in [-0.3, -0.25) is 4.79 Å². The molecule has 34 heavy (non-hydrogen) atoms. The van der Waals surface area contributed by atoms with Crippen molar-refractivity contribution in [2.45, 2.75) is 66.3 Å². The first-order valence-corrected chi connectivity index (χ1v) is 14.1. The fourth-order valence-electron chi connectivity index (χ4n) is 3.39. The molecule has 0 saturated heterocycles. The van der Waals surface area contributed by atoms with E-state index >= 15 is 0 Å². The summed E-state index contributed by atoms with van der Waals surface area (Å²) in [6.45, 7) is 11.8. The van der Waals surface area contributed by atoms with Crippen LogP contribution in [0.15, 0.2) is 24.3 Å². The zero-order valence-corrected chi connectivity index (χ0v) is 22.3. The molecule has 1 aromatic rings. The van der Waals surface area contributed by atoms with Crippen LogP contribution < -0.4 is 10.1 Å². The normalized spacial score (nSPS) is 11.6. The molecule has 1 aromatic carbocycles. The van der Waals surface area contributed by atoms with Crippen LogP contribution in [0.3, 0.4) is 0 Å². The van der Waals surface area contributed by atoms with E-state index in [4.69, 9.17) is 22.8 Å². The lowest BCUT2D eigenvalue weighted by Gasteiger charge is -2.28. The van der Waals surface area contributed by atoms with Crippen molar-refractivity contribution >= 4 is 32.4 Å². The Morgan fingerprint density at radius 3 is 2.15 bits per heavy atom. The van der Waals surface area contributed by atoms with Crippen LogP contribution in [0.4, 0.5) is 5.69 Å². The summed E-state index contributed by atoms with van der Waals surface area (Å²) in [6.07, 6.45) is 6.77. The first kappa shape index (κ1) is 29.8. The van der Waals surface area contributed by atoms with Gasteiger partial charge in [0.05, 0.1) is 18.9 Å². The average Bonchev–Trinajstić information content (AvgIpc) is 2.79. The minimum absolute atomic E-state index is 0.174. The molecule has 0 saturated carbocycles. The highest BCUT2D eigenvalue weighted by Crippen LogP contribution is 2.26. The number of benzene rings is 1. The van der Waals surface area contributed by atoms with Crippen molar-refractivity contribution in [3.63, 3.8) is 0 Å². The maximum atomic E-state index is 12.0. The number of carbonyl (C=O) groups is 2. The fourth-order valence-corrected chi connectivity index (χ4v) is 6.08. The second-order valence-corrected chi connectivity index (χ2v) is 10.2. The molecule has 1 N–H and O–H groups in total. The number of hydrogen-bond acceptors (Lipinski definition) is 7. The van der Waals surface area contributed by atoms with Crippen molar-refractivity contribution in [1.29, 1.82) is 0 Å². The van der Waals surface area contributed by atoms with Crippen LogP contribution in [0.25, 0.3) is 6.08 Å².